The van der Waals surface area contributed by atoms with Crippen molar-refractivity contribution < 1.29 is 9.90 Å². The van der Waals surface area contributed by atoms with E-state index in [1.807, 2.05) is 12.1 Å². The highest BCUT2D eigenvalue weighted by atomic mass is 16.4. The molecule has 0 spiro atoms. The van der Waals surface area contributed by atoms with Gasteiger partial charge in [0, 0.05) is 16.8 Å². The summed E-state index contributed by atoms with van der Waals surface area (Å²) >= 11 is 0. The molecule has 0 fully saturated rings. The molecule has 1 N–H and O–H groups in total. The third kappa shape index (κ3) is 1.99. The molecule has 1 atom stereocenters. The molecule has 2 aromatic rings. The standard InChI is InChI=1S/C15H14N2O2/c1-9-2-7-12-13(9)14(17-8-16-12)10-3-5-11(6-4-10)15(18)19/h3-6,8-9H,2,7H2,1H3,(H,18,19). The molecule has 1 unspecified atom stereocenters. The second-order valence-electron chi connectivity index (χ2n) is 4.90. The van der Waals surface area contributed by atoms with Crippen LogP contribution in [0.3, 0.4) is 0 Å². The Hall–Kier alpha value is -2.23. The van der Waals surface area contributed by atoms with Crippen LogP contribution in [0.25, 0.3) is 11.3 Å². The smallest absolute Gasteiger partial charge is 0.335 e. The van der Waals surface area contributed by atoms with Crippen LogP contribution in [0.4, 0.5) is 0 Å². The molecule has 4 heteroatoms. The summed E-state index contributed by atoms with van der Waals surface area (Å²) in [5.41, 5.74) is 4.53. The minimum Gasteiger partial charge on any atom is -0.478 e. The molecule has 96 valence electrons. The summed E-state index contributed by atoms with van der Waals surface area (Å²) in [6.07, 6.45) is 3.70. The molecular formula is C15H14N2O2. The number of fused-ring (bicyclic) bond motifs is 1. The molecule has 1 aromatic carbocycles. The van der Waals surface area contributed by atoms with Crippen LogP contribution in [0.1, 0.15) is 40.9 Å². The lowest BCUT2D eigenvalue weighted by Crippen LogP contribution is -1.99. The van der Waals surface area contributed by atoms with Crippen LogP contribution in [0.5, 0.6) is 0 Å². The van der Waals surface area contributed by atoms with E-state index in [-0.39, 0.29) is 0 Å². The first-order chi connectivity index (χ1) is 9.16. The van der Waals surface area contributed by atoms with Gasteiger partial charge < -0.3 is 5.11 Å². The zero-order valence-corrected chi connectivity index (χ0v) is 10.6. The fourth-order valence-electron chi connectivity index (χ4n) is 2.65. The van der Waals surface area contributed by atoms with Gasteiger partial charge in [-0.05, 0) is 30.9 Å². The number of hydrogen-bond donors (Lipinski definition) is 1. The second-order valence-corrected chi connectivity index (χ2v) is 4.90. The van der Waals surface area contributed by atoms with Gasteiger partial charge in [-0.25, -0.2) is 14.8 Å². The van der Waals surface area contributed by atoms with Gasteiger partial charge in [0.2, 0.25) is 0 Å². The molecule has 0 saturated heterocycles. The van der Waals surface area contributed by atoms with Gasteiger partial charge in [0.1, 0.15) is 6.33 Å². The average Bonchev–Trinajstić information content (AvgIpc) is 2.81. The molecule has 0 amide bonds. The van der Waals surface area contributed by atoms with E-state index < -0.39 is 5.97 Å². The molecule has 1 heterocycles. The summed E-state index contributed by atoms with van der Waals surface area (Å²) < 4.78 is 0. The minimum atomic E-state index is -0.909. The highest BCUT2D eigenvalue weighted by Crippen LogP contribution is 2.37. The first-order valence-corrected chi connectivity index (χ1v) is 6.34. The van der Waals surface area contributed by atoms with Gasteiger partial charge in [-0.1, -0.05) is 19.1 Å². The van der Waals surface area contributed by atoms with Crippen LogP contribution in [-0.2, 0) is 6.42 Å². The maximum Gasteiger partial charge on any atom is 0.335 e. The number of aromatic nitrogens is 2. The van der Waals surface area contributed by atoms with Crippen molar-refractivity contribution >= 4 is 5.97 Å². The van der Waals surface area contributed by atoms with Crippen molar-refractivity contribution in [2.45, 2.75) is 25.7 Å². The van der Waals surface area contributed by atoms with E-state index in [1.165, 1.54) is 5.56 Å². The lowest BCUT2D eigenvalue weighted by atomic mass is 9.98. The molecule has 0 radical (unpaired) electrons. The monoisotopic (exact) mass is 254 g/mol. The fourth-order valence-corrected chi connectivity index (χ4v) is 2.65. The third-order valence-electron chi connectivity index (χ3n) is 3.68. The highest BCUT2D eigenvalue weighted by Gasteiger charge is 2.24. The van der Waals surface area contributed by atoms with Gasteiger partial charge in [0.05, 0.1) is 11.3 Å². The largest absolute Gasteiger partial charge is 0.478 e. The quantitative estimate of drug-likeness (QED) is 0.895. The van der Waals surface area contributed by atoms with E-state index in [9.17, 15) is 4.79 Å². The van der Waals surface area contributed by atoms with Gasteiger partial charge in [-0.15, -0.1) is 0 Å². The zero-order valence-electron chi connectivity index (χ0n) is 10.6. The average molecular weight is 254 g/mol. The Bertz CT molecular complexity index is 635. The number of aryl methyl sites for hydroxylation is 1. The van der Waals surface area contributed by atoms with Crippen molar-refractivity contribution in [3.05, 3.63) is 47.4 Å². The van der Waals surface area contributed by atoms with E-state index >= 15 is 0 Å². The Kier molecular flexibility index (Phi) is 2.78. The van der Waals surface area contributed by atoms with Gasteiger partial charge in [-0.3, -0.25) is 0 Å². The molecule has 0 saturated carbocycles. The fraction of sp³-hybridized carbons (Fsp3) is 0.267. The number of nitrogens with zero attached hydrogens (tertiary/aromatic N) is 2. The maximum absolute atomic E-state index is 10.9. The van der Waals surface area contributed by atoms with E-state index in [4.69, 9.17) is 5.11 Å². The molecular weight excluding hydrogens is 240 g/mol. The predicted molar refractivity (Wildman–Crippen MR) is 71.2 cm³/mol. The van der Waals surface area contributed by atoms with E-state index in [2.05, 4.69) is 16.9 Å². The van der Waals surface area contributed by atoms with Crippen LogP contribution >= 0.6 is 0 Å². The van der Waals surface area contributed by atoms with Crippen molar-refractivity contribution in [2.24, 2.45) is 0 Å². The van der Waals surface area contributed by atoms with Crippen molar-refractivity contribution in [2.75, 3.05) is 0 Å². The lowest BCUT2D eigenvalue weighted by Gasteiger charge is -2.10. The number of rotatable bonds is 2. The van der Waals surface area contributed by atoms with Gasteiger partial charge in [0.15, 0.2) is 0 Å². The zero-order chi connectivity index (χ0) is 13.4. The molecule has 0 aliphatic heterocycles. The SMILES string of the molecule is CC1CCc2ncnc(-c3ccc(C(=O)O)cc3)c21. The second kappa shape index (κ2) is 4.46. The Morgan fingerprint density at radius 1 is 1.26 bits per heavy atom. The van der Waals surface area contributed by atoms with Crippen molar-refractivity contribution in [3.63, 3.8) is 0 Å². The van der Waals surface area contributed by atoms with Crippen LogP contribution in [0, 0.1) is 0 Å². The lowest BCUT2D eigenvalue weighted by molar-refractivity contribution is 0.0697. The molecule has 0 bridgehead atoms. The third-order valence-corrected chi connectivity index (χ3v) is 3.68. The Balaban J connectivity index is 2.08. The van der Waals surface area contributed by atoms with Gasteiger partial charge >= 0.3 is 5.97 Å². The maximum atomic E-state index is 10.9. The van der Waals surface area contributed by atoms with Crippen molar-refractivity contribution in [1.29, 1.82) is 0 Å². The molecule has 1 aromatic heterocycles. The van der Waals surface area contributed by atoms with Crippen LogP contribution in [0.2, 0.25) is 0 Å². The molecule has 1 aliphatic carbocycles. The van der Waals surface area contributed by atoms with Gasteiger partial charge in [0.25, 0.3) is 0 Å². The van der Waals surface area contributed by atoms with E-state index in [1.54, 1.807) is 18.5 Å². The number of carboxylic acid groups (broad SMARTS) is 1. The van der Waals surface area contributed by atoms with Crippen LogP contribution in [0.15, 0.2) is 30.6 Å². The summed E-state index contributed by atoms with van der Waals surface area (Å²) in [5, 5.41) is 8.92. The van der Waals surface area contributed by atoms with E-state index in [0.29, 0.717) is 11.5 Å². The molecule has 19 heavy (non-hydrogen) atoms. The first kappa shape index (κ1) is 11.8. The summed E-state index contributed by atoms with van der Waals surface area (Å²) in [6.45, 7) is 2.18. The Morgan fingerprint density at radius 2 is 2.00 bits per heavy atom. The van der Waals surface area contributed by atoms with Crippen molar-refractivity contribution in [1.82, 2.24) is 9.97 Å². The first-order valence-electron chi connectivity index (χ1n) is 6.34. The molecule has 4 nitrogen and oxygen atoms in total. The predicted octanol–water partition coefficient (Wildman–Crippen LogP) is 2.89. The van der Waals surface area contributed by atoms with E-state index in [0.717, 1.165) is 29.8 Å². The topological polar surface area (TPSA) is 63.1 Å². The number of benzene rings is 1. The summed E-state index contributed by atoms with van der Waals surface area (Å²) in [4.78, 5) is 19.6. The number of carbonyl (C=O) groups is 1. The summed E-state index contributed by atoms with van der Waals surface area (Å²) in [6, 6.07) is 6.87. The highest BCUT2D eigenvalue weighted by molar-refractivity contribution is 5.88. The Morgan fingerprint density at radius 3 is 2.68 bits per heavy atom. The minimum absolute atomic E-state index is 0.294. The van der Waals surface area contributed by atoms with Crippen LogP contribution < -0.4 is 0 Å². The summed E-state index contributed by atoms with van der Waals surface area (Å²) in [7, 11) is 0. The Labute approximate surface area is 111 Å². The van der Waals surface area contributed by atoms with Gasteiger partial charge in [-0.2, -0.15) is 0 Å². The number of aromatic carboxylic acids is 1. The normalized spacial score (nSPS) is 17.2. The molecule has 3 rings (SSSR count). The number of carboxylic acids is 1. The molecule has 1 aliphatic rings. The van der Waals surface area contributed by atoms with Crippen LogP contribution in [-0.4, -0.2) is 21.0 Å². The number of hydrogen-bond acceptors (Lipinski definition) is 3. The summed E-state index contributed by atoms with van der Waals surface area (Å²) in [5.74, 6) is -0.446. The van der Waals surface area contributed by atoms with Crippen molar-refractivity contribution in [3.8, 4) is 11.3 Å².